The Kier molecular flexibility index (Phi) is 36.5. The van der Waals surface area contributed by atoms with Crippen LogP contribution in [0.1, 0.15) is 206 Å². The lowest BCUT2D eigenvalue weighted by Gasteiger charge is -2.28. The number of phosphoric acid groups is 1. The number of likely N-dealkylation sites (N-methyl/N-ethyl adjacent to an activating group) is 1. The summed E-state index contributed by atoms with van der Waals surface area (Å²) in [5.74, 6) is -0.827. The molecule has 0 saturated heterocycles. The van der Waals surface area contributed by atoms with Gasteiger partial charge in [-0.3, -0.25) is 14.2 Å². The molecule has 2 atom stereocenters. The molecule has 0 aliphatic rings. The molecule has 0 aromatic rings. The van der Waals surface area contributed by atoms with Crippen molar-refractivity contribution in [1.82, 2.24) is 0 Å². The molecule has 1 unspecified atom stereocenters. The average molecular weight is 788 g/mol. The normalized spacial score (nSPS) is 13.7. The molecule has 0 aliphatic carbocycles. The van der Waals surface area contributed by atoms with Crippen molar-refractivity contribution < 1.29 is 42.1 Å². The third kappa shape index (κ3) is 40.4. The highest BCUT2D eigenvalue weighted by Crippen LogP contribution is 2.38. The summed E-state index contributed by atoms with van der Waals surface area (Å²) in [5, 5.41) is 0. The molecule has 0 saturated carbocycles. The standard InChI is InChI=1S/C44H86NO8P/c1-6-8-10-12-14-16-18-20-21-22-23-25-27-29-31-33-35-37-44(47)53-42(41-52-54(48,49)51-39-38-45(3,4)5)40-50-43(46)36-34-32-30-28-26-24-19-17-15-13-11-9-7-2/h16,18,42H,6-15,17,19-41H2,1-5H3/b18-16+/t42-/m1/s1. The number of ether oxygens (including phenoxy) is 2. The molecule has 0 aromatic carbocycles. The van der Waals surface area contributed by atoms with Crippen LogP contribution in [-0.4, -0.2) is 70.0 Å². The van der Waals surface area contributed by atoms with Crippen LogP contribution in [0, 0.1) is 0 Å². The third-order valence-electron chi connectivity index (χ3n) is 9.79. The smallest absolute Gasteiger partial charge is 0.306 e. The quantitative estimate of drug-likeness (QED) is 0.0198. The number of carbonyl (C=O) groups is 2. The minimum Gasteiger partial charge on any atom is -0.756 e. The van der Waals surface area contributed by atoms with Gasteiger partial charge in [0.1, 0.15) is 19.8 Å². The van der Waals surface area contributed by atoms with E-state index in [0.29, 0.717) is 17.4 Å². The number of hydrogen-bond donors (Lipinski definition) is 0. The van der Waals surface area contributed by atoms with Crippen molar-refractivity contribution in [3.05, 3.63) is 12.2 Å². The van der Waals surface area contributed by atoms with Crippen molar-refractivity contribution in [2.24, 2.45) is 0 Å². The van der Waals surface area contributed by atoms with Crippen LogP contribution in [0.4, 0.5) is 0 Å². The number of esters is 2. The van der Waals surface area contributed by atoms with Crippen LogP contribution < -0.4 is 4.89 Å². The lowest BCUT2D eigenvalue weighted by atomic mass is 10.0. The van der Waals surface area contributed by atoms with E-state index in [2.05, 4.69) is 26.0 Å². The number of quaternary nitrogens is 1. The molecule has 9 nitrogen and oxygen atoms in total. The van der Waals surface area contributed by atoms with Crippen molar-refractivity contribution in [3.8, 4) is 0 Å². The predicted molar refractivity (Wildman–Crippen MR) is 222 cm³/mol. The molecule has 54 heavy (non-hydrogen) atoms. The Morgan fingerprint density at radius 3 is 1.39 bits per heavy atom. The lowest BCUT2D eigenvalue weighted by molar-refractivity contribution is -0.870. The van der Waals surface area contributed by atoms with Gasteiger partial charge in [0.15, 0.2) is 6.10 Å². The zero-order valence-corrected chi connectivity index (χ0v) is 36.8. The Bertz CT molecular complexity index is 938. The van der Waals surface area contributed by atoms with E-state index < -0.39 is 26.5 Å². The first-order valence-corrected chi connectivity index (χ1v) is 23.9. The van der Waals surface area contributed by atoms with Gasteiger partial charge in [-0.1, -0.05) is 167 Å². The number of phosphoric ester groups is 1. The molecule has 0 aliphatic heterocycles. The van der Waals surface area contributed by atoms with E-state index >= 15 is 0 Å². The summed E-state index contributed by atoms with van der Waals surface area (Å²) in [6.07, 6.45) is 38.0. The first-order valence-electron chi connectivity index (χ1n) is 22.4. The highest BCUT2D eigenvalue weighted by Gasteiger charge is 2.21. The first kappa shape index (κ1) is 52.8. The van der Waals surface area contributed by atoms with E-state index in [-0.39, 0.29) is 32.0 Å². The van der Waals surface area contributed by atoms with Gasteiger partial charge in [-0.05, 0) is 38.5 Å². The maximum absolute atomic E-state index is 12.7. The van der Waals surface area contributed by atoms with Crippen molar-refractivity contribution in [3.63, 3.8) is 0 Å². The van der Waals surface area contributed by atoms with Gasteiger partial charge in [0.2, 0.25) is 0 Å². The Morgan fingerprint density at radius 1 is 0.556 bits per heavy atom. The Labute approximate surface area is 333 Å². The number of hydrogen-bond acceptors (Lipinski definition) is 8. The van der Waals surface area contributed by atoms with Gasteiger partial charge < -0.3 is 27.9 Å². The fraction of sp³-hybridized carbons (Fsp3) is 0.909. The maximum atomic E-state index is 12.7. The SMILES string of the molecule is CCCCCC/C=C/CCCCCCCCCCCC(=O)O[C@H](COC(=O)CCCCCCCCCCCCCCC)COP(=O)([O-])OCC[N+](C)(C)C. The van der Waals surface area contributed by atoms with Crippen molar-refractivity contribution in [2.45, 2.75) is 213 Å². The van der Waals surface area contributed by atoms with Gasteiger partial charge in [0, 0.05) is 12.8 Å². The summed E-state index contributed by atoms with van der Waals surface area (Å²) in [4.78, 5) is 37.5. The maximum Gasteiger partial charge on any atom is 0.306 e. The summed E-state index contributed by atoms with van der Waals surface area (Å²) in [6, 6.07) is 0. The van der Waals surface area contributed by atoms with E-state index in [1.165, 1.54) is 135 Å². The van der Waals surface area contributed by atoms with Gasteiger partial charge in [0.25, 0.3) is 7.82 Å². The zero-order valence-electron chi connectivity index (χ0n) is 35.9. The molecule has 320 valence electrons. The van der Waals surface area contributed by atoms with Crippen LogP contribution in [0.25, 0.3) is 0 Å². The molecular formula is C44H86NO8P. The summed E-state index contributed by atoms with van der Waals surface area (Å²) in [7, 11) is 1.17. The van der Waals surface area contributed by atoms with Crippen LogP contribution in [0.5, 0.6) is 0 Å². The highest BCUT2D eigenvalue weighted by molar-refractivity contribution is 7.45. The number of nitrogens with zero attached hydrogens (tertiary/aromatic N) is 1. The second-order valence-electron chi connectivity index (χ2n) is 16.4. The molecule has 0 radical (unpaired) electrons. The molecular weight excluding hydrogens is 701 g/mol. The minimum absolute atomic E-state index is 0.0280. The fourth-order valence-corrected chi connectivity index (χ4v) is 6.97. The number of rotatable bonds is 41. The summed E-state index contributed by atoms with van der Waals surface area (Å²) < 4.78 is 33.9. The van der Waals surface area contributed by atoms with Crippen molar-refractivity contribution in [2.75, 3.05) is 47.5 Å². The first-order chi connectivity index (χ1) is 26.0. The van der Waals surface area contributed by atoms with Crippen LogP contribution in [-0.2, 0) is 32.7 Å². The molecule has 10 heteroatoms. The summed E-state index contributed by atoms with van der Waals surface area (Å²) in [5.41, 5.74) is 0. The Morgan fingerprint density at radius 2 is 0.944 bits per heavy atom. The average Bonchev–Trinajstić information content (AvgIpc) is 3.12. The summed E-state index contributed by atoms with van der Waals surface area (Å²) in [6.45, 7) is 4.23. The molecule has 0 rings (SSSR count). The van der Waals surface area contributed by atoms with Crippen LogP contribution >= 0.6 is 7.82 Å². The van der Waals surface area contributed by atoms with Crippen LogP contribution in [0.15, 0.2) is 12.2 Å². The summed E-state index contributed by atoms with van der Waals surface area (Å²) >= 11 is 0. The third-order valence-corrected chi connectivity index (χ3v) is 10.7. The highest BCUT2D eigenvalue weighted by atomic mass is 31.2. The molecule has 0 bridgehead atoms. The molecule has 0 spiro atoms. The topological polar surface area (TPSA) is 111 Å². The largest absolute Gasteiger partial charge is 0.756 e. The van der Waals surface area contributed by atoms with E-state index in [4.69, 9.17) is 18.5 Å². The van der Waals surface area contributed by atoms with Gasteiger partial charge >= 0.3 is 11.9 Å². The van der Waals surface area contributed by atoms with Crippen molar-refractivity contribution in [1.29, 1.82) is 0 Å². The van der Waals surface area contributed by atoms with Gasteiger partial charge in [0.05, 0.1) is 27.7 Å². The minimum atomic E-state index is -4.62. The van der Waals surface area contributed by atoms with E-state index in [0.717, 1.165) is 38.5 Å². The number of unbranched alkanes of at least 4 members (excludes halogenated alkanes) is 25. The Balaban J connectivity index is 4.32. The monoisotopic (exact) mass is 788 g/mol. The molecule has 0 aromatic heterocycles. The van der Waals surface area contributed by atoms with E-state index in [9.17, 15) is 19.0 Å². The Hall–Kier alpha value is -1.25. The van der Waals surface area contributed by atoms with Gasteiger partial charge in [-0.15, -0.1) is 0 Å². The van der Waals surface area contributed by atoms with Gasteiger partial charge in [-0.2, -0.15) is 0 Å². The van der Waals surface area contributed by atoms with Gasteiger partial charge in [-0.25, -0.2) is 0 Å². The number of carbonyl (C=O) groups excluding carboxylic acids is 2. The second-order valence-corrected chi connectivity index (χ2v) is 17.8. The van der Waals surface area contributed by atoms with Crippen LogP contribution in [0.2, 0.25) is 0 Å². The zero-order chi connectivity index (χ0) is 40.0. The van der Waals surface area contributed by atoms with E-state index in [1.54, 1.807) is 0 Å². The molecule has 0 heterocycles. The molecule has 0 fully saturated rings. The molecule has 0 amide bonds. The van der Waals surface area contributed by atoms with Crippen molar-refractivity contribution >= 4 is 19.8 Å². The second kappa shape index (κ2) is 37.3. The lowest BCUT2D eigenvalue weighted by Crippen LogP contribution is -2.37. The predicted octanol–water partition coefficient (Wildman–Crippen LogP) is 11.9. The fourth-order valence-electron chi connectivity index (χ4n) is 6.24. The van der Waals surface area contributed by atoms with Crippen LogP contribution in [0.3, 0.4) is 0 Å². The van der Waals surface area contributed by atoms with E-state index in [1.807, 2.05) is 21.1 Å². The number of allylic oxidation sites excluding steroid dienone is 2. The molecule has 0 N–H and O–H groups in total.